The van der Waals surface area contributed by atoms with Crippen molar-refractivity contribution in [3.63, 3.8) is 0 Å². The number of hydrogen-bond donors (Lipinski definition) is 1. The molecule has 134 valence electrons. The molecule has 2 aromatic carbocycles. The van der Waals surface area contributed by atoms with Crippen molar-refractivity contribution < 1.29 is 27.8 Å². The van der Waals surface area contributed by atoms with Crippen LogP contribution in [0.3, 0.4) is 0 Å². The third-order valence-corrected chi connectivity index (χ3v) is 3.09. The highest BCUT2D eigenvalue weighted by molar-refractivity contribution is 5.93. The second-order valence-electron chi connectivity index (χ2n) is 4.94. The van der Waals surface area contributed by atoms with Crippen LogP contribution in [0.4, 0.5) is 14.5 Å². The van der Waals surface area contributed by atoms with Gasteiger partial charge in [-0.1, -0.05) is 0 Å². The van der Waals surface area contributed by atoms with Gasteiger partial charge in [-0.05, 0) is 38.1 Å². The third kappa shape index (κ3) is 5.34. The summed E-state index contributed by atoms with van der Waals surface area (Å²) < 4.78 is 42.3. The minimum Gasteiger partial charge on any atom is -0.494 e. The Labute approximate surface area is 144 Å². The summed E-state index contributed by atoms with van der Waals surface area (Å²) in [6.07, 6.45) is 0. The first-order chi connectivity index (χ1) is 12.0. The molecule has 0 aromatic heterocycles. The quantitative estimate of drug-likeness (QED) is 0.786. The van der Waals surface area contributed by atoms with Crippen molar-refractivity contribution in [1.82, 2.24) is 0 Å². The number of carbonyl (C=O) groups is 1. The van der Waals surface area contributed by atoms with Crippen LogP contribution >= 0.6 is 0 Å². The number of rotatable bonds is 8. The summed E-state index contributed by atoms with van der Waals surface area (Å²) in [4.78, 5) is 12.1. The minimum atomic E-state index is -0.874. The van der Waals surface area contributed by atoms with Gasteiger partial charge in [0.15, 0.2) is 18.2 Å². The number of benzene rings is 2. The lowest BCUT2D eigenvalue weighted by Crippen LogP contribution is -2.21. The summed E-state index contributed by atoms with van der Waals surface area (Å²) in [5, 5.41) is 2.63. The van der Waals surface area contributed by atoms with Gasteiger partial charge in [0.2, 0.25) is 0 Å². The highest BCUT2D eigenvalue weighted by Gasteiger charge is 2.12. The molecule has 0 heterocycles. The van der Waals surface area contributed by atoms with Crippen LogP contribution in [0.15, 0.2) is 36.4 Å². The summed E-state index contributed by atoms with van der Waals surface area (Å²) in [6.45, 7) is 4.14. The molecular formula is C18H19F2NO4. The molecular weight excluding hydrogens is 332 g/mol. The molecule has 0 atom stereocenters. The van der Waals surface area contributed by atoms with Crippen LogP contribution in [0, 0.1) is 11.6 Å². The normalized spacial score (nSPS) is 10.2. The van der Waals surface area contributed by atoms with Crippen molar-refractivity contribution in [2.45, 2.75) is 13.8 Å². The monoisotopic (exact) mass is 351 g/mol. The van der Waals surface area contributed by atoms with E-state index in [1.807, 2.05) is 13.8 Å². The molecule has 2 rings (SSSR count). The molecule has 0 spiro atoms. The van der Waals surface area contributed by atoms with Crippen molar-refractivity contribution in [2.75, 3.05) is 25.1 Å². The molecule has 0 aliphatic heterocycles. The molecule has 0 aliphatic rings. The number of ether oxygens (including phenoxy) is 3. The molecule has 2 aromatic rings. The van der Waals surface area contributed by atoms with E-state index >= 15 is 0 Å². The fourth-order valence-corrected chi connectivity index (χ4v) is 2.07. The second kappa shape index (κ2) is 8.86. The van der Waals surface area contributed by atoms with E-state index < -0.39 is 24.1 Å². The second-order valence-corrected chi connectivity index (χ2v) is 4.94. The van der Waals surface area contributed by atoms with E-state index in [0.717, 1.165) is 12.1 Å². The van der Waals surface area contributed by atoms with Crippen LogP contribution in [0.25, 0.3) is 0 Å². The van der Waals surface area contributed by atoms with E-state index in [-0.39, 0.29) is 5.75 Å². The van der Waals surface area contributed by atoms with Crippen molar-refractivity contribution in [2.24, 2.45) is 0 Å². The smallest absolute Gasteiger partial charge is 0.262 e. The lowest BCUT2D eigenvalue weighted by molar-refractivity contribution is -0.118. The average Bonchev–Trinajstić information content (AvgIpc) is 2.57. The van der Waals surface area contributed by atoms with Crippen LogP contribution in [-0.4, -0.2) is 25.7 Å². The van der Waals surface area contributed by atoms with Crippen molar-refractivity contribution in [3.05, 3.63) is 48.0 Å². The Bertz CT molecular complexity index is 737. The predicted octanol–water partition coefficient (Wildman–Crippen LogP) is 3.78. The minimum absolute atomic E-state index is 0.204. The fourth-order valence-electron chi connectivity index (χ4n) is 2.07. The Morgan fingerprint density at radius 3 is 2.36 bits per heavy atom. The first-order valence-corrected chi connectivity index (χ1v) is 7.80. The Balaban J connectivity index is 2.04. The zero-order valence-corrected chi connectivity index (χ0v) is 14.0. The van der Waals surface area contributed by atoms with Gasteiger partial charge < -0.3 is 19.5 Å². The molecule has 0 saturated heterocycles. The highest BCUT2D eigenvalue weighted by Crippen LogP contribution is 2.29. The topological polar surface area (TPSA) is 56.8 Å². The Kier molecular flexibility index (Phi) is 6.56. The SMILES string of the molecule is CCOc1ccc(OCC)c(NC(=O)COc2ccc(F)cc2F)c1. The number of halogens is 2. The molecule has 1 N–H and O–H groups in total. The largest absolute Gasteiger partial charge is 0.494 e. The van der Waals surface area contributed by atoms with Crippen LogP contribution < -0.4 is 19.5 Å². The fraction of sp³-hybridized carbons (Fsp3) is 0.278. The third-order valence-electron chi connectivity index (χ3n) is 3.09. The zero-order chi connectivity index (χ0) is 18.2. The lowest BCUT2D eigenvalue weighted by atomic mass is 10.2. The summed E-state index contributed by atoms with van der Waals surface area (Å²) >= 11 is 0. The number of carbonyl (C=O) groups excluding carboxylic acids is 1. The molecule has 0 unspecified atom stereocenters. The van der Waals surface area contributed by atoms with Crippen LogP contribution in [-0.2, 0) is 4.79 Å². The van der Waals surface area contributed by atoms with E-state index in [1.54, 1.807) is 18.2 Å². The maximum absolute atomic E-state index is 13.5. The van der Waals surface area contributed by atoms with Crippen LogP contribution in [0.2, 0.25) is 0 Å². The van der Waals surface area contributed by atoms with Gasteiger partial charge in [0.25, 0.3) is 5.91 Å². The summed E-state index contributed by atoms with van der Waals surface area (Å²) in [6, 6.07) is 7.91. The van der Waals surface area contributed by atoms with Crippen molar-refractivity contribution >= 4 is 11.6 Å². The van der Waals surface area contributed by atoms with E-state index in [2.05, 4.69) is 5.32 Å². The Morgan fingerprint density at radius 2 is 1.68 bits per heavy atom. The first-order valence-electron chi connectivity index (χ1n) is 7.80. The maximum atomic E-state index is 13.5. The van der Waals surface area contributed by atoms with E-state index in [0.29, 0.717) is 36.5 Å². The van der Waals surface area contributed by atoms with Crippen LogP contribution in [0.5, 0.6) is 17.2 Å². The molecule has 5 nitrogen and oxygen atoms in total. The summed E-state index contributed by atoms with van der Waals surface area (Å²) in [7, 11) is 0. The molecule has 1 amide bonds. The Hall–Kier alpha value is -2.83. The first kappa shape index (κ1) is 18.5. The van der Waals surface area contributed by atoms with Gasteiger partial charge in [-0.3, -0.25) is 4.79 Å². The van der Waals surface area contributed by atoms with Crippen molar-refractivity contribution in [3.8, 4) is 17.2 Å². The molecule has 0 saturated carbocycles. The molecule has 0 aliphatic carbocycles. The summed E-state index contributed by atoms with van der Waals surface area (Å²) in [5.41, 5.74) is 0.418. The van der Waals surface area contributed by atoms with Gasteiger partial charge in [0.1, 0.15) is 17.3 Å². The number of nitrogens with one attached hydrogen (secondary N) is 1. The van der Waals surface area contributed by atoms with Gasteiger partial charge in [-0.2, -0.15) is 0 Å². The predicted molar refractivity (Wildman–Crippen MR) is 89.3 cm³/mol. The lowest BCUT2D eigenvalue weighted by Gasteiger charge is -2.14. The number of anilines is 1. The molecule has 0 bridgehead atoms. The zero-order valence-electron chi connectivity index (χ0n) is 14.0. The van der Waals surface area contributed by atoms with Crippen molar-refractivity contribution in [1.29, 1.82) is 0 Å². The van der Waals surface area contributed by atoms with Gasteiger partial charge >= 0.3 is 0 Å². The summed E-state index contributed by atoms with van der Waals surface area (Å²) in [5.74, 6) is -1.26. The maximum Gasteiger partial charge on any atom is 0.262 e. The molecule has 7 heteroatoms. The van der Waals surface area contributed by atoms with Gasteiger partial charge in [-0.25, -0.2) is 8.78 Å². The molecule has 0 radical (unpaired) electrons. The van der Waals surface area contributed by atoms with Gasteiger partial charge in [-0.15, -0.1) is 0 Å². The molecule has 0 fully saturated rings. The van der Waals surface area contributed by atoms with E-state index in [4.69, 9.17) is 14.2 Å². The van der Waals surface area contributed by atoms with E-state index in [9.17, 15) is 13.6 Å². The average molecular weight is 351 g/mol. The van der Waals surface area contributed by atoms with Crippen LogP contribution in [0.1, 0.15) is 13.8 Å². The number of hydrogen-bond acceptors (Lipinski definition) is 4. The number of amides is 1. The Morgan fingerprint density at radius 1 is 0.960 bits per heavy atom. The van der Waals surface area contributed by atoms with Gasteiger partial charge in [0, 0.05) is 12.1 Å². The van der Waals surface area contributed by atoms with E-state index in [1.165, 1.54) is 0 Å². The molecule has 25 heavy (non-hydrogen) atoms. The highest BCUT2D eigenvalue weighted by atomic mass is 19.1. The van der Waals surface area contributed by atoms with Gasteiger partial charge in [0.05, 0.1) is 18.9 Å². The standard InChI is InChI=1S/C18H19F2NO4/c1-3-23-13-6-8-17(24-4-2)15(10-13)21-18(22)11-25-16-7-5-12(19)9-14(16)20/h5-10H,3-4,11H2,1-2H3,(H,21,22).